The maximum absolute atomic E-state index is 11.1. The van der Waals surface area contributed by atoms with Crippen LogP contribution >= 0.6 is 31.9 Å². The van der Waals surface area contributed by atoms with Crippen molar-refractivity contribution in [1.82, 2.24) is 5.32 Å². The molecule has 0 aromatic heterocycles. The van der Waals surface area contributed by atoms with Crippen LogP contribution in [-0.2, 0) is 11.3 Å². The minimum absolute atomic E-state index is 0.324. The van der Waals surface area contributed by atoms with Crippen molar-refractivity contribution in [3.63, 3.8) is 0 Å². The van der Waals surface area contributed by atoms with Crippen molar-refractivity contribution < 1.29 is 9.90 Å². The molecule has 19 heavy (non-hydrogen) atoms. The van der Waals surface area contributed by atoms with Crippen LogP contribution in [0.4, 0.5) is 0 Å². The summed E-state index contributed by atoms with van der Waals surface area (Å²) in [5.74, 6) is -0.657. The highest BCUT2D eigenvalue weighted by Gasteiger charge is 2.18. The molecule has 3 nitrogen and oxygen atoms in total. The van der Waals surface area contributed by atoms with Crippen molar-refractivity contribution in [3.8, 4) is 0 Å². The molecule has 5 heteroatoms. The predicted molar refractivity (Wildman–Crippen MR) is 84.1 cm³/mol. The van der Waals surface area contributed by atoms with Crippen LogP contribution in [0, 0.1) is 11.8 Å². The molecule has 0 aliphatic rings. The first-order valence-electron chi connectivity index (χ1n) is 6.27. The molecule has 1 aromatic carbocycles. The maximum Gasteiger partial charge on any atom is 0.307 e. The number of nitrogens with one attached hydrogen (secondary N) is 1. The van der Waals surface area contributed by atoms with Gasteiger partial charge in [0.25, 0.3) is 0 Å². The summed E-state index contributed by atoms with van der Waals surface area (Å²) in [6, 6.07) is 6.02. The Bertz CT molecular complexity index is 415. The molecule has 0 spiro atoms. The van der Waals surface area contributed by atoms with Crippen LogP contribution < -0.4 is 5.32 Å². The largest absolute Gasteiger partial charge is 0.481 e. The maximum atomic E-state index is 11.1. The van der Waals surface area contributed by atoms with E-state index in [1.807, 2.05) is 32.0 Å². The molecule has 0 saturated carbocycles. The van der Waals surface area contributed by atoms with Crippen molar-refractivity contribution in [2.24, 2.45) is 11.8 Å². The number of carboxylic acids is 1. The summed E-state index contributed by atoms with van der Waals surface area (Å²) in [4.78, 5) is 11.1. The Morgan fingerprint density at radius 3 is 2.32 bits per heavy atom. The molecule has 1 atom stereocenters. The Morgan fingerprint density at radius 2 is 1.84 bits per heavy atom. The van der Waals surface area contributed by atoms with E-state index in [4.69, 9.17) is 5.11 Å². The van der Waals surface area contributed by atoms with E-state index in [1.165, 1.54) is 0 Å². The number of rotatable bonds is 7. The number of hydrogen-bond acceptors (Lipinski definition) is 2. The van der Waals surface area contributed by atoms with Gasteiger partial charge in [-0.2, -0.15) is 0 Å². The molecule has 1 aromatic rings. The SMILES string of the molecule is CC(C)CC(CNCc1cc(Br)cc(Br)c1)C(=O)O. The molecule has 0 heterocycles. The van der Waals surface area contributed by atoms with E-state index in [0.717, 1.165) is 14.5 Å². The van der Waals surface area contributed by atoms with Gasteiger partial charge in [0, 0.05) is 22.0 Å². The lowest BCUT2D eigenvalue weighted by atomic mass is 9.97. The van der Waals surface area contributed by atoms with Gasteiger partial charge in [0.15, 0.2) is 0 Å². The highest BCUT2D eigenvalue weighted by atomic mass is 79.9. The second-order valence-electron chi connectivity index (χ2n) is 5.07. The fraction of sp³-hybridized carbons (Fsp3) is 0.500. The lowest BCUT2D eigenvalue weighted by Gasteiger charge is -2.15. The van der Waals surface area contributed by atoms with Crippen LogP contribution in [-0.4, -0.2) is 17.6 Å². The number of benzene rings is 1. The topological polar surface area (TPSA) is 49.3 Å². The molecule has 0 saturated heterocycles. The van der Waals surface area contributed by atoms with Gasteiger partial charge < -0.3 is 10.4 Å². The molecule has 1 unspecified atom stereocenters. The van der Waals surface area contributed by atoms with E-state index in [1.54, 1.807) is 0 Å². The highest BCUT2D eigenvalue weighted by Crippen LogP contribution is 2.20. The Labute approximate surface area is 131 Å². The molecule has 0 radical (unpaired) electrons. The fourth-order valence-corrected chi connectivity index (χ4v) is 3.33. The second-order valence-corrected chi connectivity index (χ2v) is 6.90. The Balaban J connectivity index is 2.49. The normalized spacial score (nSPS) is 12.7. The van der Waals surface area contributed by atoms with Crippen molar-refractivity contribution in [3.05, 3.63) is 32.7 Å². The molecular formula is C14H19Br2NO2. The summed E-state index contributed by atoms with van der Waals surface area (Å²) in [5.41, 5.74) is 1.12. The summed E-state index contributed by atoms with van der Waals surface area (Å²) < 4.78 is 2.02. The van der Waals surface area contributed by atoms with Gasteiger partial charge in [-0.3, -0.25) is 4.79 Å². The summed E-state index contributed by atoms with van der Waals surface area (Å²) >= 11 is 6.88. The standard InChI is InChI=1S/C14H19Br2NO2/c1-9(2)3-11(14(18)19)8-17-7-10-4-12(15)6-13(16)5-10/h4-6,9,11,17H,3,7-8H2,1-2H3,(H,18,19). The quantitative estimate of drug-likeness (QED) is 0.735. The molecule has 0 aliphatic carbocycles. The molecule has 1 rings (SSSR count). The summed E-state index contributed by atoms with van der Waals surface area (Å²) in [5, 5.41) is 12.4. The molecule has 0 amide bonds. The minimum Gasteiger partial charge on any atom is -0.481 e. The zero-order valence-electron chi connectivity index (χ0n) is 11.1. The Hall–Kier alpha value is -0.390. The molecular weight excluding hydrogens is 374 g/mol. The Morgan fingerprint density at radius 1 is 1.26 bits per heavy atom. The lowest BCUT2D eigenvalue weighted by Crippen LogP contribution is -2.29. The van der Waals surface area contributed by atoms with E-state index in [0.29, 0.717) is 25.4 Å². The first kappa shape index (κ1) is 16.7. The van der Waals surface area contributed by atoms with Gasteiger partial charge in [0.05, 0.1) is 5.92 Å². The number of carbonyl (C=O) groups is 1. The van der Waals surface area contributed by atoms with Gasteiger partial charge in [0.2, 0.25) is 0 Å². The van der Waals surface area contributed by atoms with Gasteiger partial charge in [-0.05, 0) is 36.1 Å². The van der Waals surface area contributed by atoms with Gasteiger partial charge in [0.1, 0.15) is 0 Å². The third-order valence-corrected chi connectivity index (χ3v) is 3.66. The lowest BCUT2D eigenvalue weighted by molar-refractivity contribution is -0.142. The van der Waals surface area contributed by atoms with Crippen LogP contribution in [0.15, 0.2) is 27.1 Å². The summed E-state index contributed by atoms with van der Waals surface area (Å²) in [6.45, 7) is 5.25. The van der Waals surface area contributed by atoms with E-state index in [-0.39, 0.29) is 5.92 Å². The molecule has 106 valence electrons. The molecule has 2 N–H and O–H groups in total. The summed E-state index contributed by atoms with van der Waals surface area (Å²) in [6.07, 6.45) is 0.699. The van der Waals surface area contributed by atoms with Crippen molar-refractivity contribution in [2.75, 3.05) is 6.54 Å². The number of halogens is 2. The monoisotopic (exact) mass is 391 g/mol. The zero-order valence-corrected chi connectivity index (χ0v) is 14.3. The minimum atomic E-state index is -0.725. The van der Waals surface area contributed by atoms with Crippen LogP contribution in [0.5, 0.6) is 0 Å². The van der Waals surface area contributed by atoms with E-state index >= 15 is 0 Å². The summed E-state index contributed by atoms with van der Waals surface area (Å²) in [7, 11) is 0. The smallest absolute Gasteiger partial charge is 0.307 e. The third-order valence-electron chi connectivity index (χ3n) is 2.75. The van der Waals surface area contributed by atoms with Gasteiger partial charge in [-0.1, -0.05) is 45.7 Å². The van der Waals surface area contributed by atoms with Crippen LogP contribution in [0.1, 0.15) is 25.8 Å². The molecule has 0 bridgehead atoms. The molecule has 0 aliphatic heterocycles. The van der Waals surface area contributed by atoms with Crippen LogP contribution in [0.2, 0.25) is 0 Å². The zero-order chi connectivity index (χ0) is 14.4. The highest BCUT2D eigenvalue weighted by molar-refractivity contribution is 9.11. The van der Waals surface area contributed by atoms with Crippen molar-refractivity contribution in [2.45, 2.75) is 26.8 Å². The van der Waals surface area contributed by atoms with E-state index in [9.17, 15) is 4.79 Å². The van der Waals surface area contributed by atoms with Gasteiger partial charge in [-0.25, -0.2) is 0 Å². The first-order valence-corrected chi connectivity index (χ1v) is 7.85. The number of hydrogen-bond donors (Lipinski definition) is 2. The van der Waals surface area contributed by atoms with Gasteiger partial charge in [-0.15, -0.1) is 0 Å². The fourth-order valence-electron chi connectivity index (χ4n) is 1.94. The first-order chi connectivity index (χ1) is 8.88. The molecule has 0 fully saturated rings. The van der Waals surface area contributed by atoms with Crippen LogP contribution in [0.3, 0.4) is 0 Å². The van der Waals surface area contributed by atoms with E-state index < -0.39 is 5.97 Å². The average Bonchev–Trinajstić information content (AvgIpc) is 2.25. The third kappa shape index (κ3) is 6.54. The second kappa shape index (κ2) is 8.02. The number of aliphatic carboxylic acids is 1. The van der Waals surface area contributed by atoms with Gasteiger partial charge >= 0.3 is 5.97 Å². The van der Waals surface area contributed by atoms with E-state index in [2.05, 4.69) is 37.2 Å². The average molecular weight is 393 g/mol. The Kier molecular flexibility index (Phi) is 7.04. The van der Waals surface area contributed by atoms with Crippen molar-refractivity contribution in [1.29, 1.82) is 0 Å². The van der Waals surface area contributed by atoms with Crippen LogP contribution in [0.25, 0.3) is 0 Å². The van der Waals surface area contributed by atoms with Crippen molar-refractivity contribution >= 4 is 37.8 Å². The number of carboxylic acid groups (broad SMARTS) is 1. The predicted octanol–water partition coefficient (Wildman–Crippen LogP) is 4.05.